The maximum atomic E-state index is 13.0. The Hall–Kier alpha value is -3.74. The van der Waals surface area contributed by atoms with Gasteiger partial charge in [-0.25, -0.2) is 4.98 Å². The molecule has 0 aliphatic heterocycles. The van der Waals surface area contributed by atoms with Crippen LogP contribution in [0.1, 0.15) is 29.6 Å². The first-order valence-electron chi connectivity index (χ1n) is 9.97. The van der Waals surface area contributed by atoms with Gasteiger partial charge in [-0.05, 0) is 55.2 Å². The van der Waals surface area contributed by atoms with Crippen LogP contribution in [0.4, 0.5) is 5.69 Å². The molecule has 1 aliphatic carbocycles. The number of benzene rings is 2. The molecule has 150 valence electrons. The molecule has 0 unspecified atom stereocenters. The Bertz CT molecular complexity index is 1330. The van der Waals surface area contributed by atoms with Gasteiger partial charge in [0.25, 0.3) is 5.56 Å². The lowest BCUT2D eigenvalue weighted by Gasteiger charge is -2.11. The van der Waals surface area contributed by atoms with Crippen molar-refractivity contribution >= 4 is 33.9 Å². The third kappa shape index (κ3) is 3.39. The zero-order valence-electron chi connectivity index (χ0n) is 16.2. The van der Waals surface area contributed by atoms with Crippen molar-refractivity contribution in [3.63, 3.8) is 0 Å². The van der Waals surface area contributed by atoms with Crippen LogP contribution in [0.3, 0.4) is 0 Å². The molecule has 1 saturated carbocycles. The van der Waals surface area contributed by atoms with Gasteiger partial charge < -0.3 is 5.32 Å². The van der Waals surface area contributed by atoms with Gasteiger partial charge in [-0.1, -0.05) is 12.1 Å². The highest BCUT2D eigenvalue weighted by Gasteiger charge is 2.24. The Kier molecular flexibility index (Phi) is 4.43. The number of amides is 1. The topological polar surface area (TPSA) is 85.5 Å². The van der Waals surface area contributed by atoms with Gasteiger partial charge in [-0.15, -0.1) is 0 Å². The molecule has 5 rings (SSSR count). The van der Waals surface area contributed by atoms with Crippen LogP contribution in [0.15, 0.2) is 65.8 Å². The molecule has 1 aliphatic rings. The molecule has 1 fully saturated rings. The predicted molar refractivity (Wildman–Crippen MR) is 114 cm³/mol. The number of carbonyl (C=O) groups excluding carboxylic acids is 2. The highest BCUT2D eigenvalue weighted by molar-refractivity contribution is 5.97. The summed E-state index contributed by atoms with van der Waals surface area (Å²) < 4.78 is 3.26. The van der Waals surface area contributed by atoms with Gasteiger partial charge in [0.15, 0.2) is 5.78 Å². The fraction of sp³-hybridized carbons (Fsp3) is 0.217. The third-order valence-corrected chi connectivity index (χ3v) is 5.50. The van der Waals surface area contributed by atoms with Crippen LogP contribution in [-0.2, 0) is 11.3 Å². The minimum Gasteiger partial charge on any atom is -0.326 e. The van der Waals surface area contributed by atoms with Crippen LogP contribution >= 0.6 is 0 Å². The molecule has 0 saturated heterocycles. The Morgan fingerprint density at radius 1 is 1.07 bits per heavy atom. The monoisotopic (exact) mass is 400 g/mol. The van der Waals surface area contributed by atoms with Gasteiger partial charge in [0, 0.05) is 17.7 Å². The number of para-hydroxylation sites is 1. The molecule has 0 radical (unpaired) electrons. The normalized spacial score (nSPS) is 13.6. The Morgan fingerprint density at radius 3 is 2.60 bits per heavy atom. The van der Waals surface area contributed by atoms with Crippen molar-refractivity contribution in [1.29, 1.82) is 0 Å². The summed E-state index contributed by atoms with van der Waals surface area (Å²) in [7, 11) is 0. The highest BCUT2D eigenvalue weighted by Crippen LogP contribution is 2.32. The molecule has 0 spiro atoms. The largest absolute Gasteiger partial charge is 0.326 e. The number of aromatic nitrogens is 3. The number of imidazole rings is 1. The zero-order chi connectivity index (χ0) is 20.7. The summed E-state index contributed by atoms with van der Waals surface area (Å²) in [6, 6.07) is 14.1. The lowest BCUT2D eigenvalue weighted by atomic mass is 10.1. The molecule has 2 heterocycles. The van der Waals surface area contributed by atoms with Crippen molar-refractivity contribution in [3.05, 3.63) is 77.0 Å². The number of hydrogen-bond donors (Lipinski definition) is 1. The van der Waals surface area contributed by atoms with E-state index in [1.165, 1.54) is 4.57 Å². The number of anilines is 1. The molecule has 7 heteroatoms. The quantitative estimate of drug-likeness (QED) is 0.504. The second-order valence-electron chi connectivity index (χ2n) is 7.73. The van der Waals surface area contributed by atoms with E-state index in [0.29, 0.717) is 34.6 Å². The standard InChI is InChI=1S/C23H20N4O3/c28-20(16-7-9-17(10-8-16)25-21(29)11-15-5-6-15)13-26-22-12-24-14-27(22)19-4-2-1-3-18(19)23(26)30/h1-4,7-10,12,14-15H,5-6,11,13H2,(H,25,29). The van der Waals surface area contributed by atoms with E-state index in [1.54, 1.807) is 48.9 Å². The molecule has 2 aromatic heterocycles. The first-order chi connectivity index (χ1) is 14.6. The minimum absolute atomic E-state index is 0.00224. The van der Waals surface area contributed by atoms with E-state index in [1.807, 2.05) is 16.5 Å². The van der Waals surface area contributed by atoms with Crippen LogP contribution in [0.5, 0.6) is 0 Å². The number of Topliss-reactive ketones (excluding diaryl/α,β-unsaturated/α-hetero) is 1. The summed E-state index contributed by atoms with van der Waals surface area (Å²) in [5.74, 6) is 0.334. The lowest BCUT2D eigenvalue weighted by Crippen LogP contribution is -2.26. The molecule has 1 N–H and O–H groups in total. The molecular weight excluding hydrogens is 380 g/mol. The zero-order valence-corrected chi connectivity index (χ0v) is 16.2. The number of nitrogens with one attached hydrogen (secondary N) is 1. The van der Waals surface area contributed by atoms with Crippen molar-refractivity contribution in [3.8, 4) is 0 Å². The van der Waals surface area contributed by atoms with Crippen molar-refractivity contribution in [2.24, 2.45) is 5.92 Å². The Balaban J connectivity index is 1.40. The molecule has 0 bridgehead atoms. The summed E-state index contributed by atoms with van der Waals surface area (Å²) in [6.45, 7) is -0.0910. The second-order valence-corrected chi connectivity index (χ2v) is 7.73. The SMILES string of the molecule is O=C(CC1CC1)Nc1ccc(C(=O)Cn2c(=O)c3ccccc3n3cncc23)cc1. The molecule has 1 amide bonds. The van der Waals surface area contributed by atoms with E-state index < -0.39 is 0 Å². The van der Waals surface area contributed by atoms with Crippen LogP contribution in [0.2, 0.25) is 0 Å². The second kappa shape index (κ2) is 7.26. The van der Waals surface area contributed by atoms with Crippen molar-refractivity contribution in [2.75, 3.05) is 5.32 Å². The summed E-state index contributed by atoms with van der Waals surface area (Å²) in [4.78, 5) is 42.0. The van der Waals surface area contributed by atoms with E-state index >= 15 is 0 Å². The number of carbonyl (C=O) groups is 2. The van der Waals surface area contributed by atoms with Gasteiger partial charge in [0.1, 0.15) is 12.0 Å². The molecule has 30 heavy (non-hydrogen) atoms. The van der Waals surface area contributed by atoms with Gasteiger partial charge in [-0.3, -0.25) is 23.4 Å². The average molecular weight is 400 g/mol. The van der Waals surface area contributed by atoms with Crippen LogP contribution < -0.4 is 10.9 Å². The smallest absolute Gasteiger partial charge is 0.262 e. The summed E-state index contributed by atoms with van der Waals surface area (Å²) in [6.07, 6.45) is 6.02. The summed E-state index contributed by atoms with van der Waals surface area (Å²) in [5.41, 5.74) is 2.24. The fourth-order valence-corrected chi connectivity index (χ4v) is 3.71. The molecular formula is C23H20N4O3. The summed E-state index contributed by atoms with van der Waals surface area (Å²) in [5, 5.41) is 3.39. The van der Waals surface area contributed by atoms with Gasteiger partial charge in [0.05, 0.1) is 23.6 Å². The number of rotatable bonds is 6. The predicted octanol–water partition coefficient (Wildman–Crippen LogP) is 3.27. The van der Waals surface area contributed by atoms with Gasteiger partial charge in [0.2, 0.25) is 5.91 Å². The molecule has 4 aromatic rings. The minimum atomic E-state index is -0.226. The van der Waals surface area contributed by atoms with E-state index in [4.69, 9.17) is 0 Å². The first kappa shape index (κ1) is 18.3. The Labute approximate surface area is 172 Å². The van der Waals surface area contributed by atoms with Crippen molar-refractivity contribution in [2.45, 2.75) is 25.8 Å². The molecule has 2 aromatic carbocycles. The van der Waals surface area contributed by atoms with Crippen LogP contribution in [0.25, 0.3) is 16.6 Å². The first-order valence-corrected chi connectivity index (χ1v) is 9.97. The third-order valence-electron chi connectivity index (χ3n) is 5.50. The molecule has 0 atom stereocenters. The van der Waals surface area contributed by atoms with Crippen molar-refractivity contribution < 1.29 is 9.59 Å². The maximum absolute atomic E-state index is 13.0. The number of ketones is 1. The highest BCUT2D eigenvalue weighted by atomic mass is 16.2. The van der Waals surface area contributed by atoms with Gasteiger partial charge >= 0.3 is 0 Å². The van der Waals surface area contributed by atoms with E-state index in [0.717, 1.165) is 18.4 Å². The van der Waals surface area contributed by atoms with E-state index in [2.05, 4.69) is 10.3 Å². The number of nitrogens with zero attached hydrogens (tertiary/aromatic N) is 3. The Morgan fingerprint density at radius 2 is 1.83 bits per heavy atom. The van der Waals surface area contributed by atoms with Crippen LogP contribution in [0, 0.1) is 5.92 Å². The summed E-state index contributed by atoms with van der Waals surface area (Å²) >= 11 is 0. The average Bonchev–Trinajstić information content (AvgIpc) is 3.42. The van der Waals surface area contributed by atoms with E-state index in [9.17, 15) is 14.4 Å². The lowest BCUT2D eigenvalue weighted by molar-refractivity contribution is -0.116. The van der Waals surface area contributed by atoms with Crippen LogP contribution in [-0.4, -0.2) is 25.6 Å². The molecule has 7 nitrogen and oxygen atoms in total. The maximum Gasteiger partial charge on any atom is 0.262 e. The van der Waals surface area contributed by atoms with Gasteiger partial charge in [-0.2, -0.15) is 0 Å². The van der Waals surface area contributed by atoms with E-state index in [-0.39, 0.29) is 23.8 Å². The number of fused-ring (bicyclic) bond motifs is 3. The van der Waals surface area contributed by atoms with Crippen molar-refractivity contribution in [1.82, 2.24) is 14.0 Å². The fourth-order valence-electron chi connectivity index (χ4n) is 3.71. The number of hydrogen-bond acceptors (Lipinski definition) is 4.